The van der Waals surface area contributed by atoms with Gasteiger partial charge in [0.05, 0.1) is 4.90 Å². The zero-order valence-electron chi connectivity index (χ0n) is 11.1. The summed E-state index contributed by atoms with van der Waals surface area (Å²) < 4.78 is 26.8. The van der Waals surface area contributed by atoms with Crippen LogP contribution in [0.5, 0.6) is 0 Å². The molecule has 0 bridgehead atoms. The van der Waals surface area contributed by atoms with Crippen molar-refractivity contribution in [3.8, 4) is 0 Å². The van der Waals surface area contributed by atoms with Crippen molar-refractivity contribution in [2.75, 3.05) is 4.72 Å². The topological polar surface area (TPSA) is 76.1 Å². The standard InChI is InChI=1S/C14H14N2O3S/c1-10-5-3-8-14(15-10)16-20(18,19)13-7-4-6-12(9-13)11(2)17/h3-9H,1-2H3,(H,15,16). The molecule has 104 valence electrons. The van der Waals surface area contributed by atoms with Crippen LogP contribution in [0, 0.1) is 6.92 Å². The maximum absolute atomic E-state index is 12.2. The van der Waals surface area contributed by atoms with Crippen molar-refractivity contribution in [1.29, 1.82) is 0 Å². The number of Topliss-reactive ketones (excluding diaryl/α,β-unsaturated/α-hetero) is 1. The number of aromatic nitrogens is 1. The van der Waals surface area contributed by atoms with Crippen LogP contribution < -0.4 is 4.72 Å². The lowest BCUT2D eigenvalue weighted by Crippen LogP contribution is -2.14. The first-order chi connectivity index (χ1) is 9.38. The second-order valence-electron chi connectivity index (χ2n) is 4.35. The van der Waals surface area contributed by atoms with Gasteiger partial charge in [0, 0.05) is 11.3 Å². The summed E-state index contributed by atoms with van der Waals surface area (Å²) in [5.74, 6) is 0.0639. The van der Waals surface area contributed by atoms with Crippen molar-refractivity contribution in [3.63, 3.8) is 0 Å². The number of rotatable bonds is 4. The van der Waals surface area contributed by atoms with Crippen molar-refractivity contribution < 1.29 is 13.2 Å². The third-order valence-corrected chi connectivity index (χ3v) is 4.03. The molecule has 0 aliphatic carbocycles. The number of hydrogen-bond donors (Lipinski definition) is 1. The molecule has 5 nitrogen and oxygen atoms in total. The van der Waals surface area contributed by atoms with Crippen LogP contribution in [0.1, 0.15) is 23.0 Å². The van der Waals surface area contributed by atoms with Gasteiger partial charge in [0.2, 0.25) is 0 Å². The summed E-state index contributed by atoms with van der Waals surface area (Å²) in [5, 5.41) is 0. The van der Waals surface area contributed by atoms with Gasteiger partial charge in [-0.25, -0.2) is 13.4 Å². The summed E-state index contributed by atoms with van der Waals surface area (Å²) in [4.78, 5) is 15.4. The minimum absolute atomic E-state index is 0.0357. The Kier molecular flexibility index (Phi) is 3.85. The molecule has 1 N–H and O–H groups in total. The quantitative estimate of drug-likeness (QED) is 0.877. The van der Waals surface area contributed by atoms with Crippen molar-refractivity contribution >= 4 is 21.6 Å². The van der Waals surface area contributed by atoms with Crippen LogP contribution in [-0.4, -0.2) is 19.2 Å². The smallest absolute Gasteiger partial charge is 0.263 e. The zero-order valence-corrected chi connectivity index (χ0v) is 11.9. The molecule has 0 saturated carbocycles. The van der Waals surface area contributed by atoms with E-state index in [0.717, 1.165) is 0 Å². The number of nitrogens with zero attached hydrogens (tertiary/aromatic N) is 1. The van der Waals surface area contributed by atoms with E-state index in [-0.39, 0.29) is 16.5 Å². The summed E-state index contributed by atoms with van der Waals surface area (Å²) in [6, 6.07) is 11.0. The number of hydrogen-bond acceptors (Lipinski definition) is 4. The number of carbonyl (C=O) groups is 1. The second-order valence-corrected chi connectivity index (χ2v) is 6.04. The van der Waals surface area contributed by atoms with Gasteiger partial charge in [0.15, 0.2) is 5.78 Å². The highest BCUT2D eigenvalue weighted by Gasteiger charge is 2.16. The fourth-order valence-electron chi connectivity index (χ4n) is 1.68. The first-order valence-corrected chi connectivity index (χ1v) is 7.44. The molecule has 0 unspecified atom stereocenters. The lowest BCUT2D eigenvalue weighted by atomic mass is 10.2. The Morgan fingerprint density at radius 1 is 1.15 bits per heavy atom. The van der Waals surface area contributed by atoms with E-state index in [1.807, 2.05) is 0 Å². The molecule has 0 aliphatic heterocycles. The molecule has 1 aromatic heterocycles. The first kappa shape index (κ1) is 14.2. The van der Waals surface area contributed by atoms with Gasteiger partial charge in [-0.05, 0) is 38.1 Å². The number of benzene rings is 1. The fourth-order valence-corrected chi connectivity index (χ4v) is 2.73. The van der Waals surface area contributed by atoms with Crippen molar-refractivity contribution in [2.45, 2.75) is 18.7 Å². The molecule has 20 heavy (non-hydrogen) atoms. The average molecular weight is 290 g/mol. The Balaban J connectivity index is 2.35. The second kappa shape index (κ2) is 5.42. The maximum atomic E-state index is 12.2. The Labute approximate surface area is 117 Å². The van der Waals surface area contributed by atoms with Gasteiger partial charge >= 0.3 is 0 Å². The Hall–Kier alpha value is -2.21. The van der Waals surface area contributed by atoms with E-state index < -0.39 is 10.0 Å². The van der Waals surface area contributed by atoms with Crippen molar-refractivity contribution in [3.05, 3.63) is 53.7 Å². The molecule has 0 amide bonds. The molecule has 0 spiro atoms. The van der Waals surface area contributed by atoms with Crippen LogP contribution in [0.4, 0.5) is 5.82 Å². The van der Waals surface area contributed by atoms with Crippen LogP contribution in [-0.2, 0) is 10.0 Å². The molecule has 0 fully saturated rings. The van der Waals surface area contributed by atoms with E-state index in [1.165, 1.54) is 25.1 Å². The molecular weight excluding hydrogens is 276 g/mol. The Morgan fingerprint density at radius 2 is 1.85 bits per heavy atom. The highest BCUT2D eigenvalue weighted by Crippen LogP contribution is 2.16. The van der Waals surface area contributed by atoms with E-state index in [1.54, 1.807) is 31.2 Å². The first-order valence-electron chi connectivity index (χ1n) is 5.96. The van der Waals surface area contributed by atoms with Gasteiger partial charge < -0.3 is 0 Å². The van der Waals surface area contributed by atoms with Gasteiger partial charge in [-0.2, -0.15) is 0 Å². The normalized spacial score (nSPS) is 11.1. The fraction of sp³-hybridized carbons (Fsp3) is 0.143. The Bertz CT molecular complexity index is 755. The number of pyridine rings is 1. The molecule has 2 aromatic rings. The molecular formula is C14H14N2O3S. The number of carbonyl (C=O) groups excluding carboxylic acids is 1. The molecule has 1 aromatic carbocycles. The average Bonchev–Trinajstić information content (AvgIpc) is 2.38. The van der Waals surface area contributed by atoms with E-state index in [4.69, 9.17) is 0 Å². The zero-order chi connectivity index (χ0) is 14.8. The third-order valence-electron chi connectivity index (χ3n) is 2.68. The number of nitrogens with one attached hydrogen (secondary N) is 1. The van der Waals surface area contributed by atoms with Crippen LogP contribution in [0.2, 0.25) is 0 Å². The number of aryl methyl sites for hydroxylation is 1. The van der Waals surface area contributed by atoms with E-state index in [2.05, 4.69) is 9.71 Å². The van der Waals surface area contributed by atoms with Gasteiger partial charge in [0.1, 0.15) is 5.82 Å². The molecule has 0 aliphatic rings. The van der Waals surface area contributed by atoms with Gasteiger partial charge in [-0.3, -0.25) is 9.52 Å². The summed E-state index contributed by atoms with van der Waals surface area (Å²) >= 11 is 0. The predicted molar refractivity (Wildman–Crippen MR) is 76.2 cm³/mol. The highest BCUT2D eigenvalue weighted by molar-refractivity contribution is 7.92. The lowest BCUT2D eigenvalue weighted by molar-refractivity contribution is 0.101. The molecule has 0 atom stereocenters. The molecule has 2 rings (SSSR count). The molecule has 0 radical (unpaired) electrons. The minimum Gasteiger partial charge on any atom is -0.295 e. The Morgan fingerprint density at radius 3 is 2.50 bits per heavy atom. The van der Waals surface area contributed by atoms with E-state index in [0.29, 0.717) is 11.3 Å². The third kappa shape index (κ3) is 3.21. The van der Waals surface area contributed by atoms with Crippen molar-refractivity contribution in [2.24, 2.45) is 0 Å². The van der Waals surface area contributed by atoms with Crippen LogP contribution in [0.15, 0.2) is 47.4 Å². The number of sulfonamides is 1. The number of ketones is 1. The molecule has 1 heterocycles. The molecule has 6 heteroatoms. The summed E-state index contributed by atoms with van der Waals surface area (Å²) in [7, 11) is -3.75. The lowest BCUT2D eigenvalue weighted by Gasteiger charge is -2.08. The van der Waals surface area contributed by atoms with Gasteiger partial charge in [-0.1, -0.05) is 18.2 Å². The predicted octanol–water partition coefficient (Wildman–Crippen LogP) is 2.39. The van der Waals surface area contributed by atoms with Crippen LogP contribution in [0.25, 0.3) is 0 Å². The summed E-state index contributed by atoms with van der Waals surface area (Å²) in [5.41, 5.74) is 1.06. The van der Waals surface area contributed by atoms with Crippen molar-refractivity contribution in [1.82, 2.24) is 4.98 Å². The highest BCUT2D eigenvalue weighted by atomic mass is 32.2. The van der Waals surface area contributed by atoms with Gasteiger partial charge in [0.25, 0.3) is 10.0 Å². The van der Waals surface area contributed by atoms with Crippen LogP contribution >= 0.6 is 0 Å². The van der Waals surface area contributed by atoms with E-state index in [9.17, 15) is 13.2 Å². The number of anilines is 1. The summed E-state index contributed by atoms with van der Waals surface area (Å²) in [6.45, 7) is 3.16. The maximum Gasteiger partial charge on any atom is 0.263 e. The minimum atomic E-state index is -3.75. The van der Waals surface area contributed by atoms with Gasteiger partial charge in [-0.15, -0.1) is 0 Å². The molecule has 0 saturated heterocycles. The van der Waals surface area contributed by atoms with E-state index >= 15 is 0 Å². The monoisotopic (exact) mass is 290 g/mol. The summed E-state index contributed by atoms with van der Waals surface area (Å²) in [6.07, 6.45) is 0. The van der Waals surface area contributed by atoms with Crippen LogP contribution in [0.3, 0.4) is 0 Å². The SMILES string of the molecule is CC(=O)c1cccc(S(=O)(=O)Nc2cccc(C)n2)c1. The largest absolute Gasteiger partial charge is 0.295 e.